The monoisotopic (exact) mass is 300 g/mol. The van der Waals surface area contributed by atoms with E-state index in [0.29, 0.717) is 0 Å². The first kappa shape index (κ1) is 15.4. The van der Waals surface area contributed by atoms with Gasteiger partial charge in [0, 0.05) is 23.2 Å². The lowest BCUT2D eigenvalue weighted by Crippen LogP contribution is -2.20. The van der Waals surface area contributed by atoms with Crippen molar-refractivity contribution in [3.8, 4) is 11.9 Å². The van der Waals surface area contributed by atoms with E-state index in [2.05, 4.69) is 9.72 Å². The molecule has 0 amide bonds. The molecular formula is C10H6ClF5N2O. The molecule has 1 heterocycles. The summed E-state index contributed by atoms with van der Waals surface area (Å²) in [6.45, 7) is 0. The fourth-order valence-corrected chi connectivity index (χ4v) is 1.63. The first-order valence-electron chi connectivity index (χ1n) is 4.77. The fraction of sp³-hybridized carbons (Fsp3) is 0.400. The van der Waals surface area contributed by atoms with Crippen molar-refractivity contribution in [2.45, 2.75) is 25.1 Å². The van der Waals surface area contributed by atoms with Crippen molar-refractivity contribution in [1.29, 1.82) is 5.26 Å². The van der Waals surface area contributed by atoms with Crippen molar-refractivity contribution in [2.24, 2.45) is 0 Å². The van der Waals surface area contributed by atoms with E-state index in [-0.39, 0.29) is 11.4 Å². The van der Waals surface area contributed by atoms with E-state index in [1.165, 1.54) is 6.07 Å². The molecule has 0 aliphatic rings. The highest BCUT2D eigenvalue weighted by molar-refractivity contribution is 6.17. The fourth-order valence-electron chi connectivity index (χ4n) is 1.42. The van der Waals surface area contributed by atoms with Gasteiger partial charge in [0.1, 0.15) is 0 Å². The Hall–Kier alpha value is -1.62. The molecule has 0 bridgehead atoms. The molecule has 0 saturated heterocycles. The van der Waals surface area contributed by atoms with Gasteiger partial charge < -0.3 is 4.74 Å². The van der Waals surface area contributed by atoms with Gasteiger partial charge in [0.05, 0.1) is 12.5 Å². The van der Waals surface area contributed by atoms with E-state index in [9.17, 15) is 22.0 Å². The molecule has 3 nitrogen and oxygen atoms in total. The zero-order valence-electron chi connectivity index (χ0n) is 9.14. The molecule has 0 aromatic carbocycles. The van der Waals surface area contributed by atoms with Gasteiger partial charge in [-0.3, -0.25) is 0 Å². The van der Waals surface area contributed by atoms with Crippen LogP contribution in [-0.4, -0.2) is 11.3 Å². The minimum atomic E-state index is -5.08. The zero-order chi connectivity index (χ0) is 14.6. The van der Waals surface area contributed by atoms with Gasteiger partial charge in [0.25, 0.3) is 6.43 Å². The number of ether oxygens (including phenoxy) is 1. The van der Waals surface area contributed by atoms with Crippen molar-refractivity contribution in [1.82, 2.24) is 4.98 Å². The van der Waals surface area contributed by atoms with E-state index in [1.54, 1.807) is 0 Å². The lowest BCUT2D eigenvalue weighted by atomic mass is 10.0. The third-order valence-electron chi connectivity index (χ3n) is 2.10. The van der Waals surface area contributed by atoms with Crippen molar-refractivity contribution < 1.29 is 26.7 Å². The average molecular weight is 301 g/mol. The topological polar surface area (TPSA) is 45.9 Å². The summed E-state index contributed by atoms with van der Waals surface area (Å²) in [5.41, 5.74) is -1.49. The van der Waals surface area contributed by atoms with E-state index in [0.717, 1.165) is 6.20 Å². The number of halogens is 6. The van der Waals surface area contributed by atoms with Gasteiger partial charge >= 0.3 is 6.36 Å². The molecule has 104 valence electrons. The Labute approximate surface area is 109 Å². The third-order valence-corrected chi connectivity index (χ3v) is 2.39. The molecule has 19 heavy (non-hydrogen) atoms. The Kier molecular flexibility index (Phi) is 4.89. The van der Waals surface area contributed by atoms with Gasteiger partial charge in [0.15, 0.2) is 0 Å². The van der Waals surface area contributed by atoms with Crippen molar-refractivity contribution in [2.75, 3.05) is 0 Å². The minimum absolute atomic E-state index is 0.142. The predicted molar refractivity (Wildman–Crippen MR) is 54.8 cm³/mol. The second kappa shape index (κ2) is 6.02. The van der Waals surface area contributed by atoms with Crippen LogP contribution in [0.5, 0.6) is 5.88 Å². The van der Waals surface area contributed by atoms with Crippen molar-refractivity contribution in [3.05, 3.63) is 22.9 Å². The summed E-state index contributed by atoms with van der Waals surface area (Å²) in [6, 6.07) is 1.49. The summed E-state index contributed by atoms with van der Waals surface area (Å²) < 4.78 is 65.6. The molecule has 0 aliphatic heterocycles. The molecule has 0 unspecified atom stereocenters. The second-order valence-electron chi connectivity index (χ2n) is 3.30. The van der Waals surface area contributed by atoms with Crippen LogP contribution in [-0.2, 0) is 12.3 Å². The minimum Gasteiger partial charge on any atom is -0.388 e. The molecule has 0 radical (unpaired) electrons. The Bertz CT molecular complexity index is 498. The van der Waals surface area contributed by atoms with Crippen LogP contribution in [0.3, 0.4) is 0 Å². The van der Waals surface area contributed by atoms with Gasteiger partial charge in [0.2, 0.25) is 5.88 Å². The quantitative estimate of drug-likeness (QED) is 0.629. The summed E-state index contributed by atoms with van der Waals surface area (Å²) in [4.78, 5) is 3.29. The van der Waals surface area contributed by atoms with Crippen LogP contribution in [0.15, 0.2) is 6.20 Å². The molecule has 1 aromatic heterocycles. The second-order valence-corrected chi connectivity index (χ2v) is 3.57. The number of hydrogen-bond donors (Lipinski definition) is 0. The molecule has 0 spiro atoms. The molecule has 1 aromatic rings. The average Bonchev–Trinajstić information content (AvgIpc) is 2.28. The van der Waals surface area contributed by atoms with Crippen LogP contribution in [0.25, 0.3) is 0 Å². The van der Waals surface area contributed by atoms with E-state index >= 15 is 0 Å². The highest BCUT2D eigenvalue weighted by atomic mass is 35.5. The number of nitriles is 1. The molecule has 0 atom stereocenters. The van der Waals surface area contributed by atoms with Crippen LogP contribution < -0.4 is 4.74 Å². The van der Waals surface area contributed by atoms with Gasteiger partial charge in [-0.25, -0.2) is 13.8 Å². The van der Waals surface area contributed by atoms with E-state index in [4.69, 9.17) is 16.9 Å². The highest BCUT2D eigenvalue weighted by Gasteiger charge is 2.34. The molecule has 0 fully saturated rings. The van der Waals surface area contributed by atoms with Crippen LogP contribution in [0.1, 0.15) is 23.1 Å². The Morgan fingerprint density at radius 2 is 2.05 bits per heavy atom. The maximum atomic E-state index is 12.9. The predicted octanol–water partition coefficient (Wildman–Crippen LogP) is 3.72. The Morgan fingerprint density at radius 1 is 1.42 bits per heavy atom. The van der Waals surface area contributed by atoms with Crippen LogP contribution in [0.2, 0.25) is 0 Å². The molecule has 0 saturated carbocycles. The highest BCUT2D eigenvalue weighted by Crippen LogP contribution is 2.34. The lowest BCUT2D eigenvalue weighted by Gasteiger charge is -2.16. The smallest absolute Gasteiger partial charge is 0.388 e. The molecule has 0 N–H and O–H groups in total. The maximum absolute atomic E-state index is 12.9. The van der Waals surface area contributed by atoms with E-state index in [1.807, 2.05) is 0 Å². The molecule has 0 aliphatic carbocycles. The van der Waals surface area contributed by atoms with Gasteiger partial charge in [-0.2, -0.15) is 5.26 Å². The number of hydrogen-bond acceptors (Lipinski definition) is 3. The summed E-state index contributed by atoms with van der Waals surface area (Å²) >= 11 is 5.41. The van der Waals surface area contributed by atoms with Gasteiger partial charge in [-0.05, 0) is 5.56 Å². The lowest BCUT2D eigenvalue weighted by molar-refractivity contribution is -0.276. The molecular weight excluding hydrogens is 295 g/mol. The Balaban J connectivity index is 3.40. The van der Waals surface area contributed by atoms with Crippen molar-refractivity contribution >= 4 is 11.6 Å². The number of pyridine rings is 1. The molecule has 1 rings (SSSR count). The maximum Gasteiger partial charge on any atom is 0.574 e. The summed E-state index contributed by atoms with van der Waals surface area (Å²) in [7, 11) is 0. The van der Waals surface area contributed by atoms with Crippen molar-refractivity contribution in [3.63, 3.8) is 0 Å². The largest absolute Gasteiger partial charge is 0.574 e. The summed E-state index contributed by atoms with van der Waals surface area (Å²) in [6.07, 6.45) is -8.09. The molecule has 9 heteroatoms. The first-order valence-corrected chi connectivity index (χ1v) is 5.31. The number of nitrogens with zero attached hydrogens (tertiary/aromatic N) is 2. The first-order chi connectivity index (χ1) is 8.80. The van der Waals surface area contributed by atoms with Crippen LogP contribution >= 0.6 is 11.6 Å². The normalized spacial score (nSPS) is 11.5. The van der Waals surface area contributed by atoms with Crippen LogP contribution in [0.4, 0.5) is 22.0 Å². The number of alkyl halides is 6. The summed E-state index contributed by atoms with van der Waals surface area (Å²) in [5, 5.41) is 8.52. The van der Waals surface area contributed by atoms with Gasteiger partial charge in [-0.15, -0.1) is 24.8 Å². The van der Waals surface area contributed by atoms with Crippen LogP contribution in [0, 0.1) is 11.3 Å². The third kappa shape index (κ3) is 3.92. The SMILES string of the molecule is N#CCc1c(OC(F)(F)F)ncc(CCl)c1C(F)F. The standard InChI is InChI=1S/C10H6ClF5N2O/c11-3-5-4-18-9(19-10(14,15)16)6(1-2-17)7(5)8(12)13/h4,8H,1,3H2. The zero-order valence-corrected chi connectivity index (χ0v) is 9.90. The van der Waals surface area contributed by atoms with E-state index < -0.39 is 36.2 Å². The number of rotatable bonds is 4. The van der Waals surface area contributed by atoms with Gasteiger partial charge in [-0.1, -0.05) is 0 Å². The summed E-state index contributed by atoms with van der Waals surface area (Å²) in [5.74, 6) is -1.42. The Morgan fingerprint density at radius 3 is 2.47 bits per heavy atom. The number of aromatic nitrogens is 1.